The minimum atomic E-state index is -0.0978. The standard InChI is InChI=1S/C19H24N6O2/c1-24-8-2-7-20-17(24)14-4-3-13(14)16-22-18-15(19(26)23-16)11-21-25(18)12-5-9-27-10-6-12/h2,7-8,11-14,17H,3-6,9-10H2,1H3,(H,22,23,26)/t13-,14-,17?/m1/s1. The molecule has 0 aromatic carbocycles. The van der Waals surface area contributed by atoms with Crippen LogP contribution < -0.4 is 5.56 Å². The van der Waals surface area contributed by atoms with Crippen LogP contribution in [0, 0.1) is 5.92 Å². The lowest BCUT2D eigenvalue weighted by molar-refractivity contribution is 0.0673. The van der Waals surface area contributed by atoms with Crippen molar-refractivity contribution in [3.05, 3.63) is 34.7 Å². The zero-order valence-electron chi connectivity index (χ0n) is 15.4. The van der Waals surface area contributed by atoms with Crippen molar-refractivity contribution >= 4 is 17.2 Å². The molecule has 4 heterocycles. The molecule has 3 atom stereocenters. The fraction of sp³-hybridized carbons (Fsp3) is 0.579. The van der Waals surface area contributed by atoms with E-state index in [1.807, 2.05) is 30.2 Å². The molecule has 0 amide bonds. The lowest BCUT2D eigenvalue weighted by Crippen LogP contribution is -2.43. The molecule has 0 radical (unpaired) electrons. The van der Waals surface area contributed by atoms with Gasteiger partial charge in [0.25, 0.3) is 5.56 Å². The number of H-pyrrole nitrogens is 1. The number of hydrogen-bond donors (Lipinski definition) is 1. The maximum absolute atomic E-state index is 12.7. The van der Waals surface area contributed by atoms with Crippen molar-refractivity contribution < 1.29 is 4.74 Å². The fourth-order valence-electron chi connectivity index (χ4n) is 4.47. The zero-order chi connectivity index (χ0) is 18.4. The molecule has 8 nitrogen and oxygen atoms in total. The number of allylic oxidation sites excluding steroid dienone is 1. The first kappa shape index (κ1) is 16.7. The van der Waals surface area contributed by atoms with Crippen molar-refractivity contribution in [3.63, 3.8) is 0 Å². The first-order valence-corrected chi connectivity index (χ1v) is 9.69. The summed E-state index contributed by atoms with van der Waals surface area (Å²) in [4.78, 5) is 27.3. The second kappa shape index (κ2) is 6.60. The number of aliphatic imine (C=N–C) groups is 1. The summed E-state index contributed by atoms with van der Waals surface area (Å²) in [5, 5.41) is 5.05. The van der Waals surface area contributed by atoms with Gasteiger partial charge in [0.05, 0.1) is 12.2 Å². The molecule has 1 unspecified atom stereocenters. The van der Waals surface area contributed by atoms with E-state index in [4.69, 9.17) is 9.72 Å². The Balaban J connectivity index is 1.49. The molecule has 8 heteroatoms. The summed E-state index contributed by atoms with van der Waals surface area (Å²) in [5.41, 5.74) is 0.603. The monoisotopic (exact) mass is 368 g/mol. The lowest BCUT2D eigenvalue weighted by atomic mass is 9.71. The van der Waals surface area contributed by atoms with Gasteiger partial charge in [-0.2, -0.15) is 5.10 Å². The lowest BCUT2D eigenvalue weighted by Gasteiger charge is -2.43. The number of fused-ring (bicyclic) bond motifs is 1. The van der Waals surface area contributed by atoms with Crippen LogP contribution >= 0.6 is 0 Å². The van der Waals surface area contributed by atoms with Crippen molar-refractivity contribution in [2.45, 2.75) is 43.8 Å². The van der Waals surface area contributed by atoms with E-state index in [1.165, 1.54) is 0 Å². The van der Waals surface area contributed by atoms with Crippen LogP contribution in [-0.4, -0.2) is 57.3 Å². The summed E-state index contributed by atoms with van der Waals surface area (Å²) in [6.45, 7) is 1.46. The van der Waals surface area contributed by atoms with Crippen LogP contribution in [0.25, 0.3) is 11.0 Å². The molecule has 5 rings (SSSR count). The SMILES string of the molecule is CN1C=CC=NC1[C@@H]1CC[C@H]1c1nc2c(cnn2C2CCOCC2)c(=O)[nH]1. The van der Waals surface area contributed by atoms with Crippen LogP contribution in [0.5, 0.6) is 0 Å². The van der Waals surface area contributed by atoms with Crippen LogP contribution in [0.1, 0.15) is 43.5 Å². The van der Waals surface area contributed by atoms with E-state index in [-0.39, 0.29) is 23.7 Å². The molecule has 27 heavy (non-hydrogen) atoms. The largest absolute Gasteiger partial charge is 0.381 e. The zero-order valence-corrected chi connectivity index (χ0v) is 15.4. The number of aromatic nitrogens is 4. The van der Waals surface area contributed by atoms with Gasteiger partial charge in [0, 0.05) is 44.5 Å². The topological polar surface area (TPSA) is 88.4 Å². The second-order valence-electron chi connectivity index (χ2n) is 7.69. The van der Waals surface area contributed by atoms with E-state index in [0.29, 0.717) is 17.0 Å². The average molecular weight is 368 g/mol. The van der Waals surface area contributed by atoms with E-state index < -0.39 is 0 Å². The van der Waals surface area contributed by atoms with E-state index >= 15 is 0 Å². The molecule has 2 aromatic heterocycles. The molecular weight excluding hydrogens is 344 g/mol. The first-order valence-electron chi connectivity index (χ1n) is 9.69. The van der Waals surface area contributed by atoms with E-state index in [2.05, 4.69) is 20.0 Å². The number of nitrogens with zero attached hydrogens (tertiary/aromatic N) is 5. The normalized spacial score (nSPS) is 28.6. The van der Waals surface area contributed by atoms with Crippen molar-refractivity contribution in [2.75, 3.05) is 20.3 Å². The van der Waals surface area contributed by atoms with Gasteiger partial charge in [0.15, 0.2) is 5.65 Å². The molecule has 1 saturated heterocycles. The van der Waals surface area contributed by atoms with Crippen LogP contribution in [0.2, 0.25) is 0 Å². The number of rotatable bonds is 3. The third-order valence-electron chi connectivity index (χ3n) is 6.14. The van der Waals surface area contributed by atoms with Crippen molar-refractivity contribution in [3.8, 4) is 0 Å². The van der Waals surface area contributed by atoms with Crippen molar-refractivity contribution in [2.24, 2.45) is 10.9 Å². The number of ether oxygens (including phenoxy) is 1. The minimum absolute atomic E-state index is 0.0978. The summed E-state index contributed by atoms with van der Waals surface area (Å²) < 4.78 is 7.39. The molecule has 1 saturated carbocycles. The van der Waals surface area contributed by atoms with Gasteiger partial charge < -0.3 is 14.6 Å². The Morgan fingerprint density at radius 3 is 2.81 bits per heavy atom. The molecule has 1 N–H and O–H groups in total. The molecule has 3 aliphatic rings. The Labute approximate surface area is 156 Å². The maximum Gasteiger partial charge on any atom is 0.262 e. The van der Waals surface area contributed by atoms with E-state index in [0.717, 1.165) is 44.7 Å². The number of aromatic amines is 1. The highest BCUT2D eigenvalue weighted by Gasteiger charge is 2.41. The van der Waals surface area contributed by atoms with Crippen LogP contribution in [0.4, 0.5) is 0 Å². The van der Waals surface area contributed by atoms with Gasteiger partial charge in [-0.15, -0.1) is 0 Å². The molecular formula is C19H24N6O2. The maximum atomic E-state index is 12.7. The Morgan fingerprint density at radius 2 is 2.07 bits per heavy atom. The molecule has 0 spiro atoms. The second-order valence-corrected chi connectivity index (χ2v) is 7.69. The molecule has 2 aliphatic heterocycles. The average Bonchev–Trinajstić information content (AvgIpc) is 3.08. The van der Waals surface area contributed by atoms with Crippen LogP contribution in [0.15, 0.2) is 28.3 Å². The molecule has 2 aromatic rings. The van der Waals surface area contributed by atoms with Gasteiger partial charge >= 0.3 is 0 Å². The molecule has 2 fully saturated rings. The smallest absolute Gasteiger partial charge is 0.262 e. The highest BCUT2D eigenvalue weighted by Crippen LogP contribution is 2.45. The molecule has 142 valence electrons. The molecule has 0 bridgehead atoms. The minimum Gasteiger partial charge on any atom is -0.381 e. The Kier molecular flexibility index (Phi) is 4.07. The van der Waals surface area contributed by atoms with Crippen molar-refractivity contribution in [1.82, 2.24) is 24.6 Å². The third kappa shape index (κ3) is 2.79. The number of hydrogen-bond acceptors (Lipinski definition) is 6. The third-order valence-corrected chi connectivity index (χ3v) is 6.14. The highest BCUT2D eigenvalue weighted by molar-refractivity contribution is 5.73. The highest BCUT2D eigenvalue weighted by atomic mass is 16.5. The first-order chi connectivity index (χ1) is 13.2. The number of nitrogens with one attached hydrogen (secondary N) is 1. The van der Waals surface area contributed by atoms with E-state index in [9.17, 15) is 4.79 Å². The van der Waals surface area contributed by atoms with E-state index in [1.54, 1.807) is 6.20 Å². The predicted octanol–water partition coefficient (Wildman–Crippen LogP) is 1.82. The summed E-state index contributed by atoms with van der Waals surface area (Å²) in [6.07, 6.45) is 11.5. The van der Waals surface area contributed by atoms with Crippen LogP contribution in [0.3, 0.4) is 0 Å². The van der Waals surface area contributed by atoms with Gasteiger partial charge in [-0.25, -0.2) is 9.67 Å². The Hall–Kier alpha value is -2.48. The summed E-state index contributed by atoms with van der Waals surface area (Å²) in [5.74, 6) is 1.35. The fourth-order valence-corrected chi connectivity index (χ4v) is 4.47. The summed E-state index contributed by atoms with van der Waals surface area (Å²) in [6, 6.07) is 0.245. The quantitative estimate of drug-likeness (QED) is 0.893. The summed E-state index contributed by atoms with van der Waals surface area (Å²) >= 11 is 0. The van der Waals surface area contributed by atoms with Crippen molar-refractivity contribution in [1.29, 1.82) is 0 Å². The Morgan fingerprint density at radius 1 is 1.22 bits per heavy atom. The van der Waals surface area contributed by atoms with Gasteiger partial charge in [0.1, 0.15) is 17.4 Å². The van der Waals surface area contributed by atoms with Gasteiger partial charge in [0.2, 0.25) is 0 Å². The molecule has 1 aliphatic carbocycles. The van der Waals surface area contributed by atoms with Gasteiger partial charge in [-0.05, 0) is 31.8 Å². The van der Waals surface area contributed by atoms with Gasteiger partial charge in [-0.3, -0.25) is 9.79 Å². The van der Waals surface area contributed by atoms with Crippen LogP contribution in [-0.2, 0) is 4.74 Å². The summed E-state index contributed by atoms with van der Waals surface area (Å²) in [7, 11) is 2.05. The van der Waals surface area contributed by atoms with Gasteiger partial charge in [-0.1, -0.05) is 0 Å². The Bertz CT molecular complexity index is 955. The predicted molar refractivity (Wildman–Crippen MR) is 102 cm³/mol.